The molecule has 0 aromatic heterocycles. The second kappa shape index (κ2) is 6.02. The first kappa shape index (κ1) is 13.8. The fourth-order valence-electron chi connectivity index (χ4n) is 3.55. The number of fused-ring (bicyclic) bond motifs is 2. The first-order chi connectivity index (χ1) is 8.65. The smallest absolute Gasteiger partial charge is 0.322 e. The Kier molecular flexibility index (Phi) is 4.62. The Balaban J connectivity index is 2.02. The standard InChI is InChI=1S/C14H26N2O2/c1-4-7-16(10(2)14(17)18-3)13-8-11-5-6-12(9-13)15-11/h10-13,15H,4-9H2,1-3H3. The number of piperidine rings is 1. The number of carbonyl (C=O) groups is 1. The number of methoxy groups -OCH3 is 1. The molecule has 0 spiro atoms. The van der Waals surface area contributed by atoms with Crippen molar-refractivity contribution >= 4 is 5.97 Å². The number of hydrogen-bond donors (Lipinski definition) is 1. The predicted octanol–water partition coefficient (Wildman–Crippen LogP) is 1.54. The van der Waals surface area contributed by atoms with Crippen LogP contribution in [0.5, 0.6) is 0 Å². The lowest BCUT2D eigenvalue weighted by atomic mass is 9.96. The molecule has 2 heterocycles. The monoisotopic (exact) mass is 254 g/mol. The van der Waals surface area contributed by atoms with Gasteiger partial charge in [0.1, 0.15) is 6.04 Å². The Morgan fingerprint density at radius 3 is 2.50 bits per heavy atom. The van der Waals surface area contributed by atoms with Crippen molar-refractivity contribution in [1.29, 1.82) is 0 Å². The predicted molar refractivity (Wildman–Crippen MR) is 71.4 cm³/mol. The van der Waals surface area contributed by atoms with E-state index in [-0.39, 0.29) is 12.0 Å². The molecule has 4 nitrogen and oxygen atoms in total. The largest absolute Gasteiger partial charge is 0.468 e. The van der Waals surface area contributed by atoms with E-state index in [2.05, 4.69) is 17.1 Å². The molecule has 0 aliphatic carbocycles. The quantitative estimate of drug-likeness (QED) is 0.756. The number of nitrogens with zero attached hydrogens (tertiary/aromatic N) is 1. The second-order valence-electron chi connectivity index (χ2n) is 5.70. The lowest BCUT2D eigenvalue weighted by molar-refractivity contribution is -0.147. The van der Waals surface area contributed by atoms with Gasteiger partial charge in [-0.15, -0.1) is 0 Å². The van der Waals surface area contributed by atoms with Crippen LogP contribution in [0.15, 0.2) is 0 Å². The van der Waals surface area contributed by atoms with Crippen LogP contribution in [0.4, 0.5) is 0 Å². The number of carbonyl (C=O) groups excluding carboxylic acids is 1. The van der Waals surface area contributed by atoms with Crippen molar-refractivity contribution in [2.24, 2.45) is 0 Å². The summed E-state index contributed by atoms with van der Waals surface area (Å²) >= 11 is 0. The minimum absolute atomic E-state index is 0.102. The summed E-state index contributed by atoms with van der Waals surface area (Å²) < 4.78 is 4.90. The maximum absolute atomic E-state index is 11.8. The van der Waals surface area contributed by atoms with Crippen LogP contribution in [-0.4, -0.2) is 48.7 Å². The van der Waals surface area contributed by atoms with Crippen LogP contribution in [0.3, 0.4) is 0 Å². The molecule has 2 aliphatic rings. The van der Waals surface area contributed by atoms with E-state index in [0.29, 0.717) is 18.1 Å². The number of esters is 1. The molecule has 2 fully saturated rings. The molecule has 0 aromatic carbocycles. The van der Waals surface area contributed by atoms with Crippen molar-refractivity contribution < 1.29 is 9.53 Å². The summed E-state index contributed by atoms with van der Waals surface area (Å²) in [5.41, 5.74) is 0. The van der Waals surface area contributed by atoms with Crippen molar-refractivity contribution in [2.75, 3.05) is 13.7 Å². The first-order valence-corrected chi connectivity index (χ1v) is 7.25. The third-order valence-corrected chi connectivity index (χ3v) is 4.44. The summed E-state index contributed by atoms with van der Waals surface area (Å²) in [7, 11) is 1.48. The van der Waals surface area contributed by atoms with Crippen molar-refractivity contribution in [3.63, 3.8) is 0 Å². The maximum atomic E-state index is 11.8. The van der Waals surface area contributed by atoms with Gasteiger partial charge in [0, 0.05) is 18.1 Å². The van der Waals surface area contributed by atoms with Crippen LogP contribution in [0, 0.1) is 0 Å². The van der Waals surface area contributed by atoms with Crippen molar-refractivity contribution in [1.82, 2.24) is 10.2 Å². The third-order valence-electron chi connectivity index (χ3n) is 4.44. The highest BCUT2D eigenvalue weighted by atomic mass is 16.5. The van der Waals surface area contributed by atoms with Crippen LogP contribution in [0.25, 0.3) is 0 Å². The van der Waals surface area contributed by atoms with Crippen molar-refractivity contribution in [2.45, 2.75) is 70.1 Å². The van der Waals surface area contributed by atoms with Gasteiger partial charge < -0.3 is 10.1 Å². The zero-order chi connectivity index (χ0) is 13.1. The Bertz CT molecular complexity index is 284. The Hall–Kier alpha value is -0.610. The van der Waals surface area contributed by atoms with Gasteiger partial charge in [-0.2, -0.15) is 0 Å². The van der Waals surface area contributed by atoms with E-state index in [4.69, 9.17) is 4.74 Å². The van der Waals surface area contributed by atoms with Crippen LogP contribution in [-0.2, 0) is 9.53 Å². The van der Waals surface area contributed by atoms with E-state index in [1.54, 1.807) is 0 Å². The summed E-state index contributed by atoms with van der Waals surface area (Å²) in [6, 6.07) is 1.76. The van der Waals surface area contributed by atoms with Gasteiger partial charge in [0.2, 0.25) is 0 Å². The molecule has 18 heavy (non-hydrogen) atoms. The molecule has 0 amide bonds. The minimum atomic E-state index is -0.113. The zero-order valence-electron chi connectivity index (χ0n) is 11.8. The molecule has 3 unspecified atom stereocenters. The molecule has 1 N–H and O–H groups in total. The fourth-order valence-corrected chi connectivity index (χ4v) is 3.55. The molecular formula is C14H26N2O2. The Labute approximate surface area is 110 Å². The van der Waals surface area contributed by atoms with Gasteiger partial charge in [-0.25, -0.2) is 0 Å². The molecule has 0 saturated carbocycles. The van der Waals surface area contributed by atoms with Crippen LogP contribution >= 0.6 is 0 Å². The molecule has 4 heteroatoms. The molecule has 104 valence electrons. The molecule has 2 aliphatic heterocycles. The van der Waals surface area contributed by atoms with E-state index in [0.717, 1.165) is 13.0 Å². The number of hydrogen-bond acceptors (Lipinski definition) is 4. The van der Waals surface area contributed by atoms with Gasteiger partial charge in [-0.1, -0.05) is 6.92 Å². The topological polar surface area (TPSA) is 41.6 Å². The van der Waals surface area contributed by atoms with Crippen molar-refractivity contribution in [3.8, 4) is 0 Å². The van der Waals surface area contributed by atoms with Gasteiger partial charge >= 0.3 is 5.97 Å². The second-order valence-corrected chi connectivity index (χ2v) is 5.70. The summed E-state index contributed by atoms with van der Waals surface area (Å²) in [6.07, 6.45) is 6.04. The first-order valence-electron chi connectivity index (χ1n) is 7.25. The average molecular weight is 254 g/mol. The Morgan fingerprint density at radius 2 is 2.00 bits per heavy atom. The van der Waals surface area contributed by atoms with E-state index in [9.17, 15) is 4.79 Å². The normalized spacial score (nSPS) is 32.6. The van der Waals surface area contributed by atoms with Crippen molar-refractivity contribution in [3.05, 3.63) is 0 Å². The van der Waals surface area contributed by atoms with E-state index in [1.165, 1.54) is 32.8 Å². The highest BCUT2D eigenvalue weighted by Crippen LogP contribution is 2.30. The number of nitrogens with one attached hydrogen (secondary N) is 1. The van der Waals surface area contributed by atoms with Gasteiger partial charge in [0.25, 0.3) is 0 Å². The Morgan fingerprint density at radius 1 is 1.39 bits per heavy atom. The molecule has 2 rings (SSSR count). The summed E-state index contributed by atoms with van der Waals surface area (Å²) in [5, 5.41) is 3.66. The number of ether oxygens (including phenoxy) is 1. The summed E-state index contributed by atoms with van der Waals surface area (Å²) in [5.74, 6) is -0.102. The van der Waals surface area contributed by atoms with Gasteiger partial charge in [-0.05, 0) is 45.6 Å². The molecular weight excluding hydrogens is 228 g/mol. The molecule has 0 radical (unpaired) electrons. The van der Waals surface area contributed by atoms with E-state index in [1.807, 2.05) is 6.92 Å². The summed E-state index contributed by atoms with van der Waals surface area (Å²) in [6.45, 7) is 5.14. The zero-order valence-corrected chi connectivity index (χ0v) is 11.8. The SMILES string of the molecule is CCCN(C1CC2CCC(C1)N2)C(C)C(=O)OC. The lowest BCUT2D eigenvalue weighted by Crippen LogP contribution is -2.53. The molecule has 0 aromatic rings. The minimum Gasteiger partial charge on any atom is -0.468 e. The maximum Gasteiger partial charge on any atom is 0.322 e. The highest BCUT2D eigenvalue weighted by molar-refractivity contribution is 5.75. The fraction of sp³-hybridized carbons (Fsp3) is 0.929. The van der Waals surface area contributed by atoms with E-state index >= 15 is 0 Å². The number of rotatable bonds is 5. The van der Waals surface area contributed by atoms with E-state index < -0.39 is 0 Å². The average Bonchev–Trinajstić information content (AvgIpc) is 2.73. The third kappa shape index (κ3) is 2.86. The summed E-state index contributed by atoms with van der Waals surface area (Å²) in [4.78, 5) is 14.1. The molecule has 3 atom stereocenters. The van der Waals surface area contributed by atoms with Crippen LogP contribution < -0.4 is 5.32 Å². The van der Waals surface area contributed by atoms with Gasteiger partial charge in [-0.3, -0.25) is 9.69 Å². The lowest BCUT2D eigenvalue weighted by Gasteiger charge is -2.40. The van der Waals surface area contributed by atoms with Crippen LogP contribution in [0.1, 0.15) is 46.0 Å². The van der Waals surface area contributed by atoms with Crippen LogP contribution in [0.2, 0.25) is 0 Å². The van der Waals surface area contributed by atoms with Gasteiger partial charge in [0.05, 0.1) is 7.11 Å². The highest BCUT2D eigenvalue weighted by Gasteiger charge is 2.38. The van der Waals surface area contributed by atoms with Gasteiger partial charge in [0.15, 0.2) is 0 Å². The molecule has 2 bridgehead atoms. The molecule has 2 saturated heterocycles.